The highest BCUT2D eigenvalue weighted by atomic mass is 16.2. The predicted octanol–water partition coefficient (Wildman–Crippen LogP) is 1.17. The molecule has 23 heavy (non-hydrogen) atoms. The Morgan fingerprint density at radius 2 is 2.13 bits per heavy atom. The average Bonchev–Trinajstić information content (AvgIpc) is 2.96. The molecule has 0 aromatic heterocycles. The molecule has 2 rings (SSSR count). The zero-order chi connectivity index (χ0) is 17.0. The molecule has 1 fully saturated rings. The summed E-state index contributed by atoms with van der Waals surface area (Å²) in [5, 5.41) is 6.36. The minimum atomic E-state index is -0.495. The van der Waals surface area contributed by atoms with E-state index in [0.29, 0.717) is 17.8 Å². The Labute approximate surface area is 137 Å². The lowest BCUT2D eigenvalue weighted by Gasteiger charge is -2.20. The van der Waals surface area contributed by atoms with Crippen LogP contribution in [0.3, 0.4) is 0 Å². The van der Waals surface area contributed by atoms with Crippen molar-refractivity contribution in [3.8, 4) is 0 Å². The second-order valence-electron chi connectivity index (χ2n) is 6.33. The number of carbonyl (C=O) groups excluding carboxylic acids is 2. The lowest BCUT2D eigenvalue weighted by Crippen LogP contribution is -2.34. The Morgan fingerprint density at radius 3 is 2.74 bits per heavy atom. The molecule has 1 saturated heterocycles. The summed E-state index contributed by atoms with van der Waals surface area (Å²) in [5.41, 5.74) is 7.39. The van der Waals surface area contributed by atoms with Crippen LogP contribution < -0.4 is 16.4 Å². The number of carbonyl (C=O) groups is 2. The molecule has 1 heterocycles. The van der Waals surface area contributed by atoms with Crippen LogP contribution in [0.25, 0.3) is 0 Å². The second-order valence-corrected chi connectivity index (χ2v) is 6.33. The molecule has 0 saturated carbocycles. The first-order valence-electron chi connectivity index (χ1n) is 8.04. The van der Waals surface area contributed by atoms with Crippen LogP contribution >= 0.6 is 0 Å². The first-order valence-corrected chi connectivity index (χ1v) is 8.04. The smallest absolute Gasteiger partial charge is 0.248 e. The molecular weight excluding hydrogens is 292 g/mol. The van der Waals surface area contributed by atoms with Crippen molar-refractivity contribution in [3.63, 3.8) is 0 Å². The number of nitrogens with one attached hydrogen (secondary N) is 2. The Kier molecular flexibility index (Phi) is 5.74. The van der Waals surface area contributed by atoms with Crippen LogP contribution in [0.1, 0.15) is 35.7 Å². The van der Waals surface area contributed by atoms with Gasteiger partial charge in [-0.15, -0.1) is 0 Å². The highest BCUT2D eigenvalue weighted by Gasteiger charge is 2.31. The minimum Gasteiger partial charge on any atom is -0.366 e. The molecule has 0 radical (unpaired) electrons. The van der Waals surface area contributed by atoms with Crippen LogP contribution in [-0.4, -0.2) is 43.4 Å². The predicted molar refractivity (Wildman–Crippen MR) is 91.2 cm³/mol. The molecule has 4 N–H and O–H groups in total. The maximum Gasteiger partial charge on any atom is 0.248 e. The highest BCUT2D eigenvalue weighted by molar-refractivity contribution is 5.97. The molecule has 126 valence electrons. The first-order chi connectivity index (χ1) is 10.9. The van der Waals surface area contributed by atoms with Crippen molar-refractivity contribution >= 4 is 17.5 Å². The van der Waals surface area contributed by atoms with Crippen LogP contribution in [0.4, 0.5) is 5.69 Å². The van der Waals surface area contributed by atoms with E-state index in [0.717, 1.165) is 24.9 Å². The summed E-state index contributed by atoms with van der Waals surface area (Å²) >= 11 is 0. The normalized spacial score (nSPS) is 20.7. The van der Waals surface area contributed by atoms with E-state index in [-0.39, 0.29) is 17.9 Å². The summed E-state index contributed by atoms with van der Waals surface area (Å²) in [4.78, 5) is 26.1. The molecule has 2 amide bonds. The van der Waals surface area contributed by atoms with Gasteiger partial charge in [-0.25, -0.2) is 0 Å². The zero-order valence-corrected chi connectivity index (χ0v) is 14.1. The Bertz CT molecular complexity index is 586. The molecule has 0 bridgehead atoms. The highest BCUT2D eigenvalue weighted by Crippen LogP contribution is 2.24. The van der Waals surface area contributed by atoms with Crippen molar-refractivity contribution in [1.29, 1.82) is 0 Å². The fraction of sp³-hybridized carbons (Fsp3) is 0.529. The monoisotopic (exact) mass is 318 g/mol. The average molecular weight is 318 g/mol. The summed E-state index contributed by atoms with van der Waals surface area (Å²) < 4.78 is 0. The fourth-order valence-electron chi connectivity index (χ4n) is 3.06. The molecule has 6 heteroatoms. The third-order valence-corrected chi connectivity index (χ3v) is 4.26. The van der Waals surface area contributed by atoms with Crippen LogP contribution in [0.5, 0.6) is 0 Å². The summed E-state index contributed by atoms with van der Waals surface area (Å²) in [6, 6.07) is 5.43. The van der Waals surface area contributed by atoms with Gasteiger partial charge in [0.1, 0.15) is 0 Å². The molecular formula is C17H26N4O2. The number of primary amides is 1. The third kappa shape index (κ3) is 4.30. The lowest BCUT2D eigenvalue weighted by molar-refractivity contribution is -0.120. The lowest BCUT2D eigenvalue weighted by atomic mass is 9.97. The van der Waals surface area contributed by atoms with E-state index in [1.165, 1.54) is 0 Å². The number of anilines is 1. The number of hydrogen-bond acceptors (Lipinski definition) is 4. The molecule has 0 spiro atoms. The van der Waals surface area contributed by atoms with Crippen molar-refractivity contribution in [2.45, 2.75) is 32.4 Å². The van der Waals surface area contributed by atoms with Crippen molar-refractivity contribution in [3.05, 3.63) is 29.3 Å². The Morgan fingerprint density at radius 1 is 1.39 bits per heavy atom. The summed E-state index contributed by atoms with van der Waals surface area (Å²) in [7, 11) is 3.92. The van der Waals surface area contributed by atoms with Gasteiger partial charge in [0.25, 0.3) is 0 Å². The van der Waals surface area contributed by atoms with Gasteiger partial charge < -0.3 is 21.3 Å². The maximum absolute atomic E-state index is 12.6. The molecule has 1 aliphatic rings. The molecule has 1 aliphatic heterocycles. The summed E-state index contributed by atoms with van der Waals surface area (Å²) in [6.45, 7) is 3.62. The molecule has 2 atom stereocenters. The fourth-order valence-corrected chi connectivity index (χ4v) is 3.06. The van der Waals surface area contributed by atoms with Gasteiger partial charge in [0.15, 0.2) is 0 Å². The van der Waals surface area contributed by atoms with Gasteiger partial charge in [0.05, 0.1) is 5.92 Å². The number of benzene rings is 1. The number of nitrogens with zero attached hydrogens (tertiary/aromatic N) is 1. The van der Waals surface area contributed by atoms with Crippen LogP contribution in [0.2, 0.25) is 0 Å². The van der Waals surface area contributed by atoms with E-state index in [2.05, 4.69) is 17.6 Å². The van der Waals surface area contributed by atoms with E-state index < -0.39 is 5.91 Å². The molecule has 0 aliphatic carbocycles. The summed E-state index contributed by atoms with van der Waals surface area (Å²) in [5.74, 6) is -0.529. The summed E-state index contributed by atoms with van der Waals surface area (Å²) in [6.07, 6.45) is 1.76. The zero-order valence-electron chi connectivity index (χ0n) is 14.1. The van der Waals surface area contributed by atoms with Crippen LogP contribution in [-0.2, 0) is 11.3 Å². The van der Waals surface area contributed by atoms with E-state index in [4.69, 9.17) is 5.73 Å². The topological polar surface area (TPSA) is 87.5 Å². The molecule has 6 nitrogen and oxygen atoms in total. The number of amides is 2. The van der Waals surface area contributed by atoms with Gasteiger partial charge >= 0.3 is 0 Å². The van der Waals surface area contributed by atoms with Gasteiger partial charge in [-0.1, -0.05) is 13.0 Å². The van der Waals surface area contributed by atoms with Gasteiger partial charge in [0, 0.05) is 23.8 Å². The van der Waals surface area contributed by atoms with Crippen molar-refractivity contribution < 1.29 is 9.59 Å². The second kappa shape index (κ2) is 7.57. The van der Waals surface area contributed by atoms with E-state index >= 15 is 0 Å². The minimum absolute atomic E-state index is 0.00322. The standard InChI is InChI=1S/C17H26N4O2/c1-4-14-13(7-8-19-14)17(23)20-15-9-11(16(18)22)5-6-12(15)10-21(2)3/h5-6,9,13-14,19H,4,7-8,10H2,1-3H3,(H2,18,22)(H,20,23). The van der Waals surface area contributed by atoms with Gasteiger partial charge in [-0.2, -0.15) is 0 Å². The van der Waals surface area contributed by atoms with Gasteiger partial charge in [-0.3, -0.25) is 9.59 Å². The quantitative estimate of drug-likeness (QED) is 0.735. The molecule has 1 aromatic rings. The number of rotatable bonds is 6. The largest absolute Gasteiger partial charge is 0.366 e. The number of nitrogens with two attached hydrogens (primary N) is 1. The van der Waals surface area contributed by atoms with Gasteiger partial charge in [-0.05, 0) is 51.2 Å². The molecule has 1 aromatic carbocycles. The maximum atomic E-state index is 12.6. The SMILES string of the molecule is CCC1NCCC1C(=O)Nc1cc(C(N)=O)ccc1CN(C)C. The van der Waals surface area contributed by atoms with Gasteiger partial charge in [0.2, 0.25) is 11.8 Å². The van der Waals surface area contributed by atoms with E-state index in [9.17, 15) is 9.59 Å². The third-order valence-electron chi connectivity index (χ3n) is 4.26. The van der Waals surface area contributed by atoms with Crippen molar-refractivity contribution in [2.75, 3.05) is 26.0 Å². The van der Waals surface area contributed by atoms with E-state index in [1.807, 2.05) is 25.1 Å². The number of hydrogen-bond donors (Lipinski definition) is 3. The van der Waals surface area contributed by atoms with Crippen molar-refractivity contribution in [1.82, 2.24) is 10.2 Å². The Balaban J connectivity index is 2.23. The van der Waals surface area contributed by atoms with Crippen molar-refractivity contribution in [2.24, 2.45) is 11.7 Å². The van der Waals surface area contributed by atoms with Crippen LogP contribution in [0, 0.1) is 5.92 Å². The Hall–Kier alpha value is -1.92. The molecule has 2 unspecified atom stereocenters. The van der Waals surface area contributed by atoms with Crippen LogP contribution in [0.15, 0.2) is 18.2 Å². The first kappa shape index (κ1) is 17.4. The van der Waals surface area contributed by atoms with E-state index in [1.54, 1.807) is 12.1 Å².